The molecule has 1 atom stereocenters. The monoisotopic (exact) mass is 274 g/mol. The maximum absolute atomic E-state index is 5.43. The molecule has 3 fully saturated rings. The Kier molecular flexibility index (Phi) is 2.71. The topological polar surface area (TPSA) is 108 Å². The van der Waals surface area contributed by atoms with Crippen molar-refractivity contribution in [2.75, 3.05) is 30.4 Å². The van der Waals surface area contributed by atoms with Gasteiger partial charge in [-0.05, 0) is 31.8 Å². The van der Waals surface area contributed by atoms with E-state index in [0.29, 0.717) is 17.6 Å². The minimum atomic E-state index is 0.394. The van der Waals surface area contributed by atoms with Gasteiger partial charge in [0.05, 0.1) is 11.6 Å². The molecule has 3 saturated heterocycles. The summed E-state index contributed by atoms with van der Waals surface area (Å²) in [6, 6.07) is 0.441. The van der Waals surface area contributed by atoms with Gasteiger partial charge in [0.2, 0.25) is 5.95 Å². The second kappa shape index (κ2) is 4.57. The number of piperidine rings is 3. The molecule has 8 heteroatoms. The Labute approximate surface area is 116 Å². The molecular weight excluding hydrogens is 256 g/mol. The van der Waals surface area contributed by atoms with E-state index in [-0.39, 0.29) is 0 Å². The van der Waals surface area contributed by atoms with E-state index in [1.54, 1.807) is 6.20 Å². The van der Waals surface area contributed by atoms with Crippen molar-refractivity contribution < 1.29 is 0 Å². The largest absolute Gasteiger partial charge is 0.365 e. The lowest BCUT2D eigenvalue weighted by atomic mass is 9.84. The zero-order valence-electron chi connectivity index (χ0n) is 11.1. The minimum Gasteiger partial charge on any atom is -0.365 e. The van der Waals surface area contributed by atoms with E-state index in [4.69, 9.17) is 5.84 Å². The average Bonchev–Trinajstić information content (AvgIpc) is 2.97. The minimum absolute atomic E-state index is 0.394. The van der Waals surface area contributed by atoms with E-state index < -0.39 is 0 Å². The molecule has 20 heavy (non-hydrogen) atoms. The predicted molar refractivity (Wildman–Crippen MR) is 76.1 cm³/mol. The first-order chi connectivity index (χ1) is 9.83. The molecule has 1 unspecified atom stereocenters. The Balaban J connectivity index is 1.66. The van der Waals surface area contributed by atoms with Gasteiger partial charge in [-0.2, -0.15) is 15.1 Å². The summed E-state index contributed by atoms with van der Waals surface area (Å²) in [5.74, 6) is 7.35. The number of nitrogens with two attached hydrogens (primary N) is 1. The van der Waals surface area contributed by atoms with Crippen molar-refractivity contribution in [1.82, 2.24) is 25.1 Å². The summed E-state index contributed by atoms with van der Waals surface area (Å²) in [6.07, 6.45) is 4.28. The van der Waals surface area contributed by atoms with Gasteiger partial charge in [0.15, 0.2) is 5.65 Å². The highest BCUT2D eigenvalue weighted by atomic mass is 15.3. The van der Waals surface area contributed by atoms with Crippen LogP contribution in [-0.4, -0.2) is 50.7 Å². The molecule has 5 rings (SSSR count). The van der Waals surface area contributed by atoms with E-state index in [9.17, 15) is 0 Å². The predicted octanol–water partition coefficient (Wildman–Crippen LogP) is 0.145. The summed E-state index contributed by atoms with van der Waals surface area (Å²) in [6.45, 7) is 3.53. The lowest BCUT2D eigenvalue weighted by Crippen LogP contribution is -2.53. The fourth-order valence-electron chi connectivity index (χ4n) is 3.31. The van der Waals surface area contributed by atoms with Gasteiger partial charge in [-0.25, -0.2) is 5.84 Å². The Bertz CT molecular complexity index is 615. The van der Waals surface area contributed by atoms with Crippen molar-refractivity contribution in [1.29, 1.82) is 0 Å². The molecule has 2 aromatic heterocycles. The fourth-order valence-corrected chi connectivity index (χ4v) is 3.31. The van der Waals surface area contributed by atoms with Gasteiger partial charge in [-0.1, -0.05) is 0 Å². The summed E-state index contributed by atoms with van der Waals surface area (Å²) < 4.78 is 0. The molecule has 0 aromatic carbocycles. The third kappa shape index (κ3) is 1.88. The molecule has 5 N–H and O–H groups in total. The number of hydrazine groups is 1. The first kappa shape index (κ1) is 11.9. The van der Waals surface area contributed by atoms with Crippen molar-refractivity contribution in [3.63, 3.8) is 0 Å². The number of hydrogen-bond donors (Lipinski definition) is 4. The van der Waals surface area contributed by atoms with E-state index in [1.165, 1.54) is 25.9 Å². The Morgan fingerprint density at radius 1 is 1.30 bits per heavy atom. The van der Waals surface area contributed by atoms with Crippen LogP contribution in [0.4, 0.5) is 11.8 Å². The molecule has 0 saturated carbocycles. The molecule has 5 heterocycles. The highest BCUT2D eigenvalue weighted by Gasteiger charge is 2.34. The zero-order valence-corrected chi connectivity index (χ0v) is 11.1. The highest BCUT2D eigenvalue weighted by Crippen LogP contribution is 2.31. The molecule has 8 nitrogen and oxygen atoms in total. The summed E-state index contributed by atoms with van der Waals surface area (Å²) in [5, 5.41) is 11.4. The van der Waals surface area contributed by atoms with Crippen molar-refractivity contribution in [3.05, 3.63) is 6.20 Å². The number of hydrogen-bond acceptors (Lipinski definition) is 7. The average molecular weight is 274 g/mol. The summed E-state index contributed by atoms with van der Waals surface area (Å²) in [7, 11) is 0. The molecule has 2 bridgehead atoms. The number of nitrogens with zero attached hydrogens (tertiary/aromatic N) is 4. The first-order valence-corrected chi connectivity index (χ1v) is 7.00. The van der Waals surface area contributed by atoms with Crippen LogP contribution in [0, 0.1) is 5.92 Å². The quantitative estimate of drug-likeness (QED) is 0.466. The number of H-pyrrole nitrogens is 1. The highest BCUT2D eigenvalue weighted by molar-refractivity contribution is 5.87. The SMILES string of the molecule is NNc1nc(NC2CN3CCC2CC3)c2cn[nH]c2n1. The molecule has 3 aliphatic rings. The summed E-state index contributed by atoms with van der Waals surface area (Å²) in [4.78, 5) is 11.2. The van der Waals surface area contributed by atoms with Gasteiger partial charge in [0, 0.05) is 12.6 Å². The van der Waals surface area contributed by atoms with Crippen LogP contribution in [-0.2, 0) is 0 Å². The lowest BCUT2D eigenvalue weighted by molar-refractivity contribution is 0.0974. The van der Waals surface area contributed by atoms with Crippen LogP contribution in [0.5, 0.6) is 0 Å². The van der Waals surface area contributed by atoms with Crippen LogP contribution in [0.15, 0.2) is 6.20 Å². The van der Waals surface area contributed by atoms with Crippen LogP contribution >= 0.6 is 0 Å². The van der Waals surface area contributed by atoms with Gasteiger partial charge in [-0.3, -0.25) is 10.5 Å². The standard InChI is InChI=1S/C12H18N8/c13-18-12-16-10(8-5-14-19-11(8)17-12)15-9-6-20-3-1-7(9)2-4-20/h5,7,9H,1-4,6,13H2,(H3,14,15,16,17,18,19). The second-order valence-corrected chi connectivity index (χ2v) is 5.56. The third-order valence-corrected chi connectivity index (χ3v) is 4.42. The Morgan fingerprint density at radius 2 is 2.15 bits per heavy atom. The molecule has 2 aromatic rings. The zero-order chi connectivity index (χ0) is 13.5. The van der Waals surface area contributed by atoms with Crippen LogP contribution in [0.1, 0.15) is 12.8 Å². The van der Waals surface area contributed by atoms with Crippen molar-refractivity contribution in [2.24, 2.45) is 11.8 Å². The Hall–Kier alpha value is -1.93. The summed E-state index contributed by atoms with van der Waals surface area (Å²) >= 11 is 0. The molecule has 0 amide bonds. The Morgan fingerprint density at radius 3 is 2.85 bits per heavy atom. The molecular formula is C12H18N8. The third-order valence-electron chi connectivity index (χ3n) is 4.42. The molecule has 0 spiro atoms. The normalized spacial score (nSPS) is 28.8. The lowest BCUT2D eigenvalue weighted by Gasteiger charge is -2.45. The summed E-state index contributed by atoms with van der Waals surface area (Å²) in [5.41, 5.74) is 3.19. The molecule has 0 aliphatic carbocycles. The fraction of sp³-hybridized carbons (Fsp3) is 0.583. The number of nitrogen functional groups attached to an aromatic ring is 1. The van der Waals surface area contributed by atoms with E-state index in [1.807, 2.05) is 0 Å². The first-order valence-electron chi connectivity index (χ1n) is 7.00. The number of fused-ring (bicyclic) bond motifs is 4. The van der Waals surface area contributed by atoms with Crippen molar-refractivity contribution in [2.45, 2.75) is 18.9 Å². The maximum Gasteiger partial charge on any atom is 0.241 e. The van der Waals surface area contributed by atoms with Crippen LogP contribution in [0.2, 0.25) is 0 Å². The van der Waals surface area contributed by atoms with Gasteiger partial charge >= 0.3 is 0 Å². The van der Waals surface area contributed by atoms with Crippen LogP contribution in [0.3, 0.4) is 0 Å². The molecule has 0 radical (unpaired) electrons. The van der Waals surface area contributed by atoms with Gasteiger partial charge in [0.1, 0.15) is 5.82 Å². The van der Waals surface area contributed by atoms with Crippen LogP contribution in [0.25, 0.3) is 11.0 Å². The maximum atomic E-state index is 5.43. The van der Waals surface area contributed by atoms with Gasteiger partial charge in [-0.15, -0.1) is 0 Å². The van der Waals surface area contributed by atoms with E-state index in [0.717, 1.165) is 23.7 Å². The number of anilines is 2. The van der Waals surface area contributed by atoms with Gasteiger partial charge < -0.3 is 10.2 Å². The number of aromatic nitrogens is 4. The molecule has 3 aliphatic heterocycles. The number of nitrogens with one attached hydrogen (secondary N) is 3. The van der Waals surface area contributed by atoms with E-state index in [2.05, 4.69) is 35.8 Å². The van der Waals surface area contributed by atoms with Crippen molar-refractivity contribution >= 4 is 22.8 Å². The number of aromatic amines is 1. The number of rotatable bonds is 3. The van der Waals surface area contributed by atoms with E-state index >= 15 is 0 Å². The van der Waals surface area contributed by atoms with Crippen LogP contribution < -0.4 is 16.6 Å². The van der Waals surface area contributed by atoms with Crippen molar-refractivity contribution in [3.8, 4) is 0 Å². The second-order valence-electron chi connectivity index (χ2n) is 5.56. The smallest absolute Gasteiger partial charge is 0.241 e. The van der Waals surface area contributed by atoms with Gasteiger partial charge in [0.25, 0.3) is 0 Å². The molecule has 106 valence electrons.